The summed E-state index contributed by atoms with van der Waals surface area (Å²) in [6.45, 7) is 8.55. The van der Waals surface area contributed by atoms with E-state index in [1.165, 1.54) is 11.1 Å². The van der Waals surface area contributed by atoms with Gasteiger partial charge in [0.2, 0.25) is 5.91 Å². The molecule has 0 atom stereocenters. The molecule has 3 nitrogen and oxygen atoms in total. The predicted molar refractivity (Wildman–Crippen MR) is 77.4 cm³/mol. The van der Waals surface area contributed by atoms with Crippen molar-refractivity contribution in [3.05, 3.63) is 29.3 Å². The Kier molecular flexibility index (Phi) is 2.90. The number of likely N-dealkylation sites (tertiary alicyclic amines) is 1. The second kappa shape index (κ2) is 4.34. The predicted octanol–water partition coefficient (Wildman–Crippen LogP) is 2.69. The number of piperidine rings is 1. The van der Waals surface area contributed by atoms with Crippen LogP contribution >= 0.6 is 0 Å². The highest BCUT2D eigenvalue weighted by Gasteiger charge is 2.48. The number of hydrogen-bond acceptors (Lipinski definition) is 2. The topological polar surface area (TPSA) is 32.3 Å². The summed E-state index contributed by atoms with van der Waals surface area (Å²) in [5, 5.41) is 3.09. The maximum atomic E-state index is 12.5. The second-order valence-electron chi connectivity index (χ2n) is 6.21. The fourth-order valence-electron chi connectivity index (χ4n) is 3.46. The molecule has 0 aromatic heterocycles. The molecule has 0 aliphatic carbocycles. The summed E-state index contributed by atoms with van der Waals surface area (Å²) >= 11 is 0. The van der Waals surface area contributed by atoms with E-state index in [0.29, 0.717) is 6.04 Å². The van der Waals surface area contributed by atoms with Gasteiger partial charge in [-0.1, -0.05) is 12.1 Å². The lowest BCUT2D eigenvalue weighted by atomic mass is 9.73. The van der Waals surface area contributed by atoms with Crippen LogP contribution in [-0.2, 0) is 10.2 Å². The van der Waals surface area contributed by atoms with Crippen molar-refractivity contribution in [2.75, 3.05) is 18.4 Å². The van der Waals surface area contributed by atoms with E-state index >= 15 is 0 Å². The van der Waals surface area contributed by atoms with E-state index in [1.54, 1.807) is 0 Å². The number of carbonyl (C=O) groups is 1. The Morgan fingerprint density at radius 2 is 1.95 bits per heavy atom. The van der Waals surface area contributed by atoms with Gasteiger partial charge in [-0.05, 0) is 63.9 Å². The lowest BCUT2D eigenvalue weighted by molar-refractivity contribution is -0.122. The van der Waals surface area contributed by atoms with Crippen molar-refractivity contribution in [1.82, 2.24) is 4.90 Å². The van der Waals surface area contributed by atoms with Crippen molar-refractivity contribution in [2.24, 2.45) is 0 Å². The van der Waals surface area contributed by atoms with Gasteiger partial charge in [0.05, 0.1) is 5.41 Å². The lowest BCUT2D eigenvalue weighted by Gasteiger charge is -2.39. The first kappa shape index (κ1) is 12.7. The molecule has 0 bridgehead atoms. The molecule has 1 amide bonds. The third kappa shape index (κ3) is 1.88. The molecule has 1 saturated heterocycles. The molecule has 102 valence electrons. The van der Waals surface area contributed by atoms with Crippen LogP contribution in [0, 0.1) is 6.92 Å². The Morgan fingerprint density at radius 1 is 1.26 bits per heavy atom. The summed E-state index contributed by atoms with van der Waals surface area (Å²) in [5.74, 6) is 0.205. The molecular formula is C16H22N2O. The molecule has 2 heterocycles. The van der Waals surface area contributed by atoms with Gasteiger partial charge in [-0.3, -0.25) is 4.79 Å². The number of rotatable bonds is 1. The van der Waals surface area contributed by atoms with Crippen LogP contribution in [0.15, 0.2) is 18.2 Å². The molecule has 0 radical (unpaired) electrons. The molecule has 1 aromatic rings. The number of anilines is 1. The Labute approximate surface area is 115 Å². The number of nitrogens with one attached hydrogen (secondary N) is 1. The maximum Gasteiger partial charge on any atom is 0.235 e. The number of benzene rings is 1. The molecule has 1 aromatic carbocycles. The van der Waals surface area contributed by atoms with Gasteiger partial charge in [0.15, 0.2) is 0 Å². The van der Waals surface area contributed by atoms with Gasteiger partial charge in [-0.25, -0.2) is 0 Å². The molecule has 0 unspecified atom stereocenters. The van der Waals surface area contributed by atoms with E-state index in [9.17, 15) is 4.79 Å². The zero-order valence-corrected chi connectivity index (χ0v) is 12.0. The van der Waals surface area contributed by atoms with Gasteiger partial charge in [0, 0.05) is 11.7 Å². The SMILES string of the molecule is Cc1ccc2c(c1)NC(=O)C21CCN(C(C)C)CC1. The van der Waals surface area contributed by atoms with Crippen molar-refractivity contribution in [1.29, 1.82) is 0 Å². The van der Waals surface area contributed by atoms with Crippen molar-refractivity contribution < 1.29 is 4.79 Å². The minimum Gasteiger partial charge on any atom is -0.325 e. The van der Waals surface area contributed by atoms with Gasteiger partial charge < -0.3 is 10.2 Å². The van der Waals surface area contributed by atoms with E-state index in [4.69, 9.17) is 0 Å². The highest BCUT2D eigenvalue weighted by atomic mass is 16.2. The summed E-state index contributed by atoms with van der Waals surface area (Å²) in [5.41, 5.74) is 3.18. The number of aryl methyl sites for hydroxylation is 1. The molecule has 2 aliphatic heterocycles. The van der Waals surface area contributed by atoms with E-state index in [0.717, 1.165) is 31.6 Å². The number of carbonyl (C=O) groups excluding carboxylic acids is 1. The Balaban J connectivity index is 1.92. The largest absolute Gasteiger partial charge is 0.325 e. The molecule has 2 aliphatic rings. The summed E-state index contributed by atoms with van der Waals surface area (Å²) < 4.78 is 0. The van der Waals surface area contributed by atoms with E-state index in [2.05, 4.69) is 49.2 Å². The van der Waals surface area contributed by atoms with Crippen LogP contribution < -0.4 is 5.32 Å². The molecule has 1 spiro atoms. The third-order valence-corrected chi connectivity index (χ3v) is 4.76. The van der Waals surface area contributed by atoms with Crippen LogP contribution in [-0.4, -0.2) is 29.9 Å². The van der Waals surface area contributed by atoms with E-state index in [-0.39, 0.29) is 11.3 Å². The van der Waals surface area contributed by atoms with Crippen molar-refractivity contribution in [3.8, 4) is 0 Å². The van der Waals surface area contributed by atoms with Gasteiger partial charge in [0.25, 0.3) is 0 Å². The normalized spacial score (nSPS) is 21.8. The molecular weight excluding hydrogens is 236 g/mol. The number of hydrogen-bond donors (Lipinski definition) is 1. The van der Waals surface area contributed by atoms with Crippen molar-refractivity contribution >= 4 is 11.6 Å². The van der Waals surface area contributed by atoms with E-state index < -0.39 is 0 Å². The average Bonchev–Trinajstić information content (AvgIpc) is 2.62. The molecule has 3 heteroatoms. The van der Waals surface area contributed by atoms with Gasteiger partial charge in [-0.15, -0.1) is 0 Å². The summed E-state index contributed by atoms with van der Waals surface area (Å²) in [4.78, 5) is 14.9. The standard InChI is InChI=1S/C16H22N2O/c1-11(2)18-8-6-16(7-9-18)13-5-4-12(3)10-14(13)17-15(16)19/h4-5,10-11H,6-9H2,1-3H3,(H,17,19). The van der Waals surface area contributed by atoms with Crippen LogP contribution in [0.25, 0.3) is 0 Å². The Morgan fingerprint density at radius 3 is 2.58 bits per heavy atom. The fourth-order valence-corrected chi connectivity index (χ4v) is 3.46. The molecule has 19 heavy (non-hydrogen) atoms. The minimum absolute atomic E-state index is 0.205. The third-order valence-electron chi connectivity index (χ3n) is 4.76. The summed E-state index contributed by atoms with van der Waals surface area (Å²) in [6.07, 6.45) is 1.88. The van der Waals surface area contributed by atoms with Gasteiger partial charge in [-0.2, -0.15) is 0 Å². The summed E-state index contributed by atoms with van der Waals surface area (Å²) in [7, 11) is 0. The monoisotopic (exact) mass is 258 g/mol. The second-order valence-corrected chi connectivity index (χ2v) is 6.21. The van der Waals surface area contributed by atoms with Crippen molar-refractivity contribution in [2.45, 2.75) is 45.1 Å². The van der Waals surface area contributed by atoms with Crippen LogP contribution in [0.3, 0.4) is 0 Å². The number of amides is 1. The van der Waals surface area contributed by atoms with Crippen molar-refractivity contribution in [3.63, 3.8) is 0 Å². The minimum atomic E-state index is -0.269. The zero-order valence-electron chi connectivity index (χ0n) is 12.0. The van der Waals surface area contributed by atoms with Crippen LogP contribution in [0.2, 0.25) is 0 Å². The highest BCUT2D eigenvalue weighted by Crippen LogP contribution is 2.45. The summed E-state index contributed by atoms with van der Waals surface area (Å²) in [6, 6.07) is 6.93. The quantitative estimate of drug-likeness (QED) is 0.840. The molecule has 1 fully saturated rings. The molecule has 1 N–H and O–H groups in total. The van der Waals surface area contributed by atoms with Gasteiger partial charge >= 0.3 is 0 Å². The van der Waals surface area contributed by atoms with Crippen LogP contribution in [0.4, 0.5) is 5.69 Å². The fraction of sp³-hybridized carbons (Fsp3) is 0.562. The maximum absolute atomic E-state index is 12.5. The Hall–Kier alpha value is -1.35. The first-order valence-electron chi connectivity index (χ1n) is 7.19. The zero-order chi connectivity index (χ0) is 13.6. The number of fused-ring (bicyclic) bond motifs is 2. The highest BCUT2D eigenvalue weighted by molar-refractivity contribution is 6.06. The molecule has 0 saturated carbocycles. The average molecular weight is 258 g/mol. The Bertz CT molecular complexity index is 513. The first-order chi connectivity index (χ1) is 9.03. The van der Waals surface area contributed by atoms with E-state index in [1.807, 2.05) is 0 Å². The first-order valence-corrected chi connectivity index (χ1v) is 7.19. The molecule has 3 rings (SSSR count). The van der Waals surface area contributed by atoms with Crippen LogP contribution in [0.5, 0.6) is 0 Å². The van der Waals surface area contributed by atoms with Crippen LogP contribution in [0.1, 0.15) is 37.8 Å². The lowest BCUT2D eigenvalue weighted by Crippen LogP contribution is -2.48. The smallest absolute Gasteiger partial charge is 0.235 e. The number of nitrogens with zero attached hydrogens (tertiary/aromatic N) is 1. The van der Waals surface area contributed by atoms with Gasteiger partial charge in [0.1, 0.15) is 0 Å².